The predicted octanol–water partition coefficient (Wildman–Crippen LogP) is 2.17. The SMILES string of the molecule is CCC(C)(C)c1nn(C(=O)N(C)C)c(=S)n1C. The van der Waals surface area contributed by atoms with Gasteiger partial charge >= 0.3 is 6.03 Å². The number of rotatable bonds is 2. The molecule has 0 aliphatic heterocycles. The van der Waals surface area contributed by atoms with Crippen molar-refractivity contribution in [1.82, 2.24) is 19.2 Å². The van der Waals surface area contributed by atoms with Crippen molar-refractivity contribution >= 4 is 18.2 Å². The van der Waals surface area contributed by atoms with Crippen molar-refractivity contribution in [2.75, 3.05) is 14.1 Å². The number of amides is 1. The average Bonchev–Trinajstić information content (AvgIpc) is 2.55. The monoisotopic (exact) mass is 256 g/mol. The molecule has 1 heterocycles. The molecular weight excluding hydrogens is 236 g/mol. The lowest BCUT2D eigenvalue weighted by atomic mass is 9.89. The molecule has 1 rings (SSSR count). The van der Waals surface area contributed by atoms with Crippen molar-refractivity contribution in [2.45, 2.75) is 32.6 Å². The van der Waals surface area contributed by atoms with Crippen LogP contribution in [0.15, 0.2) is 0 Å². The van der Waals surface area contributed by atoms with Gasteiger partial charge in [-0.25, -0.2) is 4.79 Å². The molecule has 0 aliphatic carbocycles. The summed E-state index contributed by atoms with van der Waals surface area (Å²) in [5, 5.41) is 4.36. The van der Waals surface area contributed by atoms with E-state index in [4.69, 9.17) is 12.2 Å². The van der Waals surface area contributed by atoms with Crippen LogP contribution in [0.2, 0.25) is 0 Å². The third-order valence-electron chi connectivity index (χ3n) is 3.03. The lowest BCUT2D eigenvalue weighted by molar-refractivity contribution is 0.215. The number of carbonyl (C=O) groups is 1. The normalized spacial score (nSPS) is 11.6. The third-order valence-corrected chi connectivity index (χ3v) is 3.48. The fourth-order valence-corrected chi connectivity index (χ4v) is 1.70. The fourth-order valence-electron chi connectivity index (χ4n) is 1.50. The topological polar surface area (TPSA) is 43.1 Å². The number of hydrogen-bond acceptors (Lipinski definition) is 3. The van der Waals surface area contributed by atoms with E-state index in [9.17, 15) is 4.79 Å². The molecule has 0 radical (unpaired) electrons. The summed E-state index contributed by atoms with van der Waals surface area (Å²) < 4.78 is 3.52. The minimum Gasteiger partial charge on any atom is -0.329 e. The molecule has 0 aromatic carbocycles. The molecule has 0 N–H and O–H groups in total. The van der Waals surface area contributed by atoms with E-state index in [0.717, 1.165) is 12.2 Å². The van der Waals surface area contributed by atoms with Crippen molar-refractivity contribution in [2.24, 2.45) is 7.05 Å². The van der Waals surface area contributed by atoms with E-state index in [0.29, 0.717) is 4.77 Å². The molecule has 0 aliphatic rings. The van der Waals surface area contributed by atoms with Crippen molar-refractivity contribution in [3.05, 3.63) is 10.6 Å². The van der Waals surface area contributed by atoms with Gasteiger partial charge in [0.25, 0.3) is 0 Å². The van der Waals surface area contributed by atoms with Crippen LogP contribution in [-0.2, 0) is 12.5 Å². The van der Waals surface area contributed by atoms with Crippen molar-refractivity contribution in [1.29, 1.82) is 0 Å². The summed E-state index contributed by atoms with van der Waals surface area (Å²) in [7, 11) is 5.22. The van der Waals surface area contributed by atoms with Crippen LogP contribution in [0.3, 0.4) is 0 Å². The van der Waals surface area contributed by atoms with E-state index >= 15 is 0 Å². The van der Waals surface area contributed by atoms with Crippen LogP contribution in [0.5, 0.6) is 0 Å². The van der Waals surface area contributed by atoms with E-state index < -0.39 is 0 Å². The van der Waals surface area contributed by atoms with Gasteiger partial charge in [-0.05, 0) is 18.6 Å². The molecule has 0 saturated carbocycles. The first-order valence-electron chi connectivity index (χ1n) is 5.60. The molecule has 0 spiro atoms. The van der Waals surface area contributed by atoms with Crippen molar-refractivity contribution < 1.29 is 4.79 Å². The van der Waals surface area contributed by atoms with Gasteiger partial charge < -0.3 is 9.47 Å². The number of carbonyl (C=O) groups excluding carboxylic acids is 1. The Balaban J connectivity index is 3.37. The van der Waals surface area contributed by atoms with Crippen molar-refractivity contribution in [3.8, 4) is 0 Å². The summed E-state index contributed by atoms with van der Waals surface area (Å²) in [4.78, 5) is 13.4. The highest BCUT2D eigenvalue weighted by molar-refractivity contribution is 7.71. The van der Waals surface area contributed by atoms with Gasteiger partial charge in [0.2, 0.25) is 4.77 Å². The zero-order valence-corrected chi connectivity index (χ0v) is 12.1. The van der Waals surface area contributed by atoms with Crippen LogP contribution in [0.25, 0.3) is 0 Å². The van der Waals surface area contributed by atoms with Crippen LogP contribution < -0.4 is 0 Å². The van der Waals surface area contributed by atoms with Crippen LogP contribution in [-0.4, -0.2) is 39.4 Å². The number of hydrogen-bond donors (Lipinski definition) is 0. The maximum atomic E-state index is 11.9. The van der Waals surface area contributed by atoms with E-state index in [-0.39, 0.29) is 11.4 Å². The van der Waals surface area contributed by atoms with Gasteiger partial charge in [0.15, 0.2) is 0 Å². The maximum absolute atomic E-state index is 11.9. The first-order chi connectivity index (χ1) is 7.72. The minimum atomic E-state index is -0.219. The van der Waals surface area contributed by atoms with Crippen LogP contribution in [0.1, 0.15) is 33.0 Å². The Labute approximate surface area is 107 Å². The predicted molar refractivity (Wildman–Crippen MR) is 69.8 cm³/mol. The number of nitrogens with zero attached hydrogens (tertiary/aromatic N) is 4. The molecule has 1 aromatic heterocycles. The van der Waals surface area contributed by atoms with E-state index in [1.807, 2.05) is 7.05 Å². The molecule has 1 amide bonds. The van der Waals surface area contributed by atoms with Gasteiger partial charge in [-0.15, -0.1) is 5.10 Å². The summed E-state index contributed by atoms with van der Waals surface area (Å²) in [6.07, 6.45) is 0.933. The Bertz CT molecular complexity index is 484. The van der Waals surface area contributed by atoms with E-state index in [2.05, 4.69) is 25.9 Å². The molecule has 17 heavy (non-hydrogen) atoms. The highest BCUT2D eigenvalue weighted by Gasteiger charge is 2.26. The second-order valence-electron chi connectivity index (χ2n) is 4.99. The summed E-state index contributed by atoms with van der Waals surface area (Å²) in [6, 6.07) is -0.219. The molecule has 0 fully saturated rings. The Morgan fingerprint density at radius 2 is 2.00 bits per heavy atom. The van der Waals surface area contributed by atoms with Gasteiger partial charge in [0, 0.05) is 26.6 Å². The van der Waals surface area contributed by atoms with Gasteiger partial charge in [0.1, 0.15) is 5.82 Å². The van der Waals surface area contributed by atoms with Gasteiger partial charge in [-0.2, -0.15) is 4.68 Å². The average molecular weight is 256 g/mol. The van der Waals surface area contributed by atoms with Crippen molar-refractivity contribution in [3.63, 3.8) is 0 Å². The second-order valence-corrected chi connectivity index (χ2v) is 5.36. The van der Waals surface area contributed by atoms with Crippen LogP contribution in [0, 0.1) is 4.77 Å². The molecular formula is C11H20N4OS. The smallest absolute Gasteiger partial charge is 0.329 e. The largest absolute Gasteiger partial charge is 0.346 e. The number of aromatic nitrogens is 3. The molecule has 6 heteroatoms. The Kier molecular flexibility index (Phi) is 3.76. The highest BCUT2D eigenvalue weighted by atomic mass is 32.1. The lowest BCUT2D eigenvalue weighted by Gasteiger charge is -2.20. The zero-order chi connectivity index (χ0) is 13.4. The molecule has 1 aromatic rings. The molecule has 0 unspecified atom stereocenters. The Hall–Kier alpha value is -1.17. The Morgan fingerprint density at radius 1 is 1.47 bits per heavy atom. The second kappa shape index (κ2) is 4.60. The summed E-state index contributed by atoms with van der Waals surface area (Å²) in [6.45, 7) is 6.28. The summed E-state index contributed by atoms with van der Waals surface area (Å²) in [5.74, 6) is 0.834. The molecule has 0 saturated heterocycles. The first kappa shape index (κ1) is 13.9. The van der Waals surface area contributed by atoms with Gasteiger partial charge in [0.05, 0.1) is 0 Å². The standard InChI is InChI=1S/C11H20N4OS/c1-7-11(2,3)8-12-15(9(16)13(4)5)10(17)14(8)6/h7H2,1-6H3. The maximum Gasteiger partial charge on any atom is 0.346 e. The minimum absolute atomic E-state index is 0.0971. The third kappa shape index (κ3) is 2.41. The first-order valence-corrected chi connectivity index (χ1v) is 6.01. The highest BCUT2D eigenvalue weighted by Crippen LogP contribution is 2.24. The fraction of sp³-hybridized carbons (Fsp3) is 0.727. The van der Waals surface area contributed by atoms with E-state index in [1.54, 1.807) is 18.7 Å². The lowest BCUT2D eigenvalue weighted by Crippen LogP contribution is -2.29. The summed E-state index contributed by atoms with van der Waals surface area (Å²) in [5.41, 5.74) is -0.0971. The summed E-state index contributed by atoms with van der Waals surface area (Å²) >= 11 is 5.24. The Morgan fingerprint density at radius 3 is 2.41 bits per heavy atom. The molecule has 5 nitrogen and oxygen atoms in total. The molecule has 96 valence electrons. The van der Waals surface area contributed by atoms with Gasteiger partial charge in [-0.1, -0.05) is 20.8 Å². The van der Waals surface area contributed by atoms with Gasteiger partial charge in [-0.3, -0.25) is 0 Å². The van der Waals surface area contributed by atoms with E-state index in [1.165, 1.54) is 9.58 Å². The van der Waals surface area contributed by atoms with Crippen LogP contribution >= 0.6 is 12.2 Å². The molecule has 0 atom stereocenters. The van der Waals surface area contributed by atoms with Crippen LogP contribution in [0.4, 0.5) is 4.79 Å². The quantitative estimate of drug-likeness (QED) is 0.762. The zero-order valence-electron chi connectivity index (χ0n) is 11.3. The molecule has 0 bridgehead atoms.